The van der Waals surface area contributed by atoms with Gasteiger partial charge in [0.25, 0.3) is 0 Å². The molecule has 0 fully saturated rings. The third kappa shape index (κ3) is 3.57. The van der Waals surface area contributed by atoms with Crippen molar-refractivity contribution in [3.63, 3.8) is 0 Å². The molecule has 1 aromatic heterocycles. The van der Waals surface area contributed by atoms with Crippen LogP contribution in [-0.4, -0.2) is 11.0 Å². The molecule has 1 atom stereocenters. The van der Waals surface area contributed by atoms with Gasteiger partial charge in [0.15, 0.2) is 0 Å². The number of rotatable bonds is 5. The first kappa shape index (κ1) is 16.6. The standard InChI is InChI=1S/C16H30N2S/c1-9-16(11(2)3,18-12(4)5)14-17-13(10-19-14)15(6,7)8/h10-12,18H,9H2,1-8H3. The monoisotopic (exact) mass is 282 g/mol. The Morgan fingerprint density at radius 3 is 2.11 bits per heavy atom. The van der Waals surface area contributed by atoms with Crippen LogP contribution in [0.1, 0.15) is 72.5 Å². The molecule has 3 heteroatoms. The topological polar surface area (TPSA) is 24.9 Å². The predicted molar refractivity (Wildman–Crippen MR) is 85.9 cm³/mol. The Kier molecular flexibility index (Phi) is 5.19. The fourth-order valence-electron chi connectivity index (χ4n) is 2.48. The molecule has 0 aromatic carbocycles. The molecule has 2 nitrogen and oxygen atoms in total. The summed E-state index contributed by atoms with van der Waals surface area (Å²) in [6.07, 6.45) is 1.07. The zero-order valence-corrected chi connectivity index (χ0v) is 14.6. The minimum Gasteiger partial charge on any atom is -0.303 e. The fraction of sp³-hybridized carbons (Fsp3) is 0.812. The third-order valence-corrected chi connectivity index (χ3v) is 4.76. The lowest BCUT2D eigenvalue weighted by atomic mass is 9.83. The van der Waals surface area contributed by atoms with E-state index in [0.717, 1.165) is 6.42 Å². The molecule has 0 aliphatic carbocycles. The van der Waals surface area contributed by atoms with E-state index in [-0.39, 0.29) is 11.0 Å². The number of hydrogen-bond acceptors (Lipinski definition) is 3. The molecule has 1 unspecified atom stereocenters. The Balaban J connectivity index is 3.22. The number of thiazole rings is 1. The van der Waals surface area contributed by atoms with E-state index >= 15 is 0 Å². The van der Waals surface area contributed by atoms with E-state index in [0.29, 0.717) is 12.0 Å². The first-order valence-electron chi connectivity index (χ1n) is 7.37. The smallest absolute Gasteiger partial charge is 0.113 e. The van der Waals surface area contributed by atoms with E-state index < -0.39 is 0 Å². The Morgan fingerprint density at radius 1 is 1.21 bits per heavy atom. The van der Waals surface area contributed by atoms with Gasteiger partial charge in [0, 0.05) is 16.8 Å². The summed E-state index contributed by atoms with van der Waals surface area (Å²) in [7, 11) is 0. The van der Waals surface area contributed by atoms with Crippen molar-refractivity contribution in [1.29, 1.82) is 0 Å². The molecule has 0 radical (unpaired) electrons. The Morgan fingerprint density at radius 2 is 1.79 bits per heavy atom. The molecule has 1 rings (SSSR count). The highest BCUT2D eigenvalue weighted by molar-refractivity contribution is 7.09. The summed E-state index contributed by atoms with van der Waals surface area (Å²) in [5.74, 6) is 0.527. The Hall–Kier alpha value is -0.410. The number of nitrogens with one attached hydrogen (secondary N) is 1. The fourth-order valence-corrected chi connectivity index (χ4v) is 3.90. The van der Waals surface area contributed by atoms with Crippen molar-refractivity contribution in [2.45, 2.75) is 78.8 Å². The zero-order valence-electron chi connectivity index (χ0n) is 13.8. The Bertz CT molecular complexity index is 401. The second-order valence-corrected chi connectivity index (χ2v) is 7.92. The highest BCUT2D eigenvalue weighted by Crippen LogP contribution is 2.37. The van der Waals surface area contributed by atoms with Gasteiger partial charge >= 0.3 is 0 Å². The van der Waals surface area contributed by atoms with Crippen molar-refractivity contribution in [2.75, 3.05) is 0 Å². The van der Waals surface area contributed by atoms with Gasteiger partial charge in [-0.15, -0.1) is 11.3 Å². The second kappa shape index (κ2) is 5.92. The molecule has 0 aliphatic rings. The van der Waals surface area contributed by atoms with Crippen molar-refractivity contribution in [1.82, 2.24) is 10.3 Å². The van der Waals surface area contributed by atoms with Gasteiger partial charge in [-0.25, -0.2) is 4.98 Å². The lowest BCUT2D eigenvalue weighted by Crippen LogP contribution is -2.49. The van der Waals surface area contributed by atoms with E-state index in [2.05, 4.69) is 66.1 Å². The van der Waals surface area contributed by atoms with Crippen molar-refractivity contribution in [3.8, 4) is 0 Å². The molecule has 0 bridgehead atoms. The second-order valence-electron chi connectivity index (χ2n) is 7.07. The van der Waals surface area contributed by atoms with Crippen molar-refractivity contribution in [2.24, 2.45) is 5.92 Å². The van der Waals surface area contributed by atoms with Crippen LogP contribution >= 0.6 is 11.3 Å². The maximum Gasteiger partial charge on any atom is 0.113 e. The van der Waals surface area contributed by atoms with E-state index in [1.54, 1.807) is 11.3 Å². The zero-order chi connectivity index (χ0) is 14.8. The molecule has 0 amide bonds. The van der Waals surface area contributed by atoms with Crippen molar-refractivity contribution in [3.05, 3.63) is 16.1 Å². The maximum absolute atomic E-state index is 4.96. The molecule has 0 saturated carbocycles. The summed E-state index contributed by atoms with van der Waals surface area (Å²) in [5, 5.41) is 7.24. The van der Waals surface area contributed by atoms with Gasteiger partial charge in [0.2, 0.25) is 0 Å². The van der Waals surface area contributed by atoms with Crippen LogP contribution in [0.15, 0.2) is 5.38 Å². The molecule has 1 aromatic rings. The predicted octanol–water partition coefficient (Wildman–Crippen LogP) is 4.70. The van der Waals surface area contributed by atoms with Crippen LogP contribution in [0.3, 0.4) is 0 Å². The van der Waals surface area contributed by atoms with Gasteiger partial charge in [0.1, 0.15) is 5.01 Å². The molecule has 0 spiro atoms. The normalized spacial score (nSPS) is 16.1. The summed E-state index contributed by atoms with van der Waals surface area (Å²) in [6, 6.07) is 0.462. The molecule has 110 valence electrons. The highest BCUT2D eigenvalue weighted by atomic mass is 32.1. The van der Waals surface area contributed by atoms with Gasteiger partial charge in [-0.1, -0.05) is 41.5 Å². The van der Waals surface area contributed by atoms with Crippen molar-refractivity contribution < 1.29 is 0 Å². The lowest BCUT2D eigenvalue weighted by Gasteiger charge is -2.38. The van der Waals surface area contributed by atoms with E-state index in [9.17, 15) is 0 Å². The summed E-state index contributed by atoms with van der Waals surface area (Å²) >= 11 is 1.80. The minimum atomic E-state index is 0.00231. The number of aromatic nitrogens is 1. The molecule has 1 heterocycles. The first-order valence-corrected chi connectivity index (χ1v) is 8.25. The van der Waals surface area contributed by atoms with E-state index in [1.165, 1.54) is 10.7 Å². The van der Waals surface area contributed by atoms with Crippen LogP contribution in [0, 0.1) is 5.92 Å². The summed E-state index contributed by atoms with van der Waals surface area (Å²) in [6.45, 7) is 17.9. The first-order chi connectivity index (χ1) is 8.63. The number of hydrogen-bond donors (Lipinski definition) is 1. The molecular formula is C16H30N2S. The van der Waals surface area contributed by atoms with E-state index in [1.807, 2.05) is 0 Å². The molecule has 0 aliphatic heterocycles. The van der Waals surface area contributed by atoms with Crippen LogP contribution in [0.25, 0.3) is 0 Å². The SMILES string of the molecule is CCC(NC(C)C)(c1nc(C(C)(C)C)cs1)C(C)C. The molecular weight excluding hydrogens is 252 g/mol. The van der Waals surface area contributed by atoms with Gasteiger partial charge in [-0.05, 0) is 26.2 Å². The minimum absolute atomic E-state index is 0.00231. The van der Waals surface area contributed by atoms with Gasteiger partial charge in [-0.2, -0.15) is 0 Å². The highest BCUT2D eigenvalue weighted by Gasteiger charge is 2.37. The maximum atomic E-state index is 4.96. The Labute approximate surface area is 123 Å². The van der Waals surface area contributed by atoms with Gasteiger partial charge < -0.3 is 5.32 Å². The average molecular weight is 282 g/mol. The summed E-state index contributed by atoms with van der Waals surface area (Å²) in [5.41, 5.74) is 1.34. The van der Waals surface area contributed by atoms with Crippen LogP contribution < -0.4 is 5.32 Å². The lowest BCUT2D eigenvalue weighted by molar-refractivity contribution is 0.209. The average Bonchev–Trinajstić information content (AvgIpc) is 2.74. The molecule has 1 N–H and O–H groups in total. The summed E-state index contributed by atoms with van der Waals surface area (Å²) < 4.78 is 0. The largest absolute Gasteiger partial charge is 0.303 e. The third-order valence-electron chi connectivity index (χ3n) is 3.74. The molecule has 0 saturated heterocycles. The van der Waals surface area contributed by atoms with Crippen LogP contribution in [0.2, 0.25) is 0 Å². The van der Waals surface area contributed by atoms with E-state index in [4.69, 9.17) is 4.98 Å². The van der Waals surface area contributed by atoms with Crippen LogP contribution in [0.4, 0.5) is 0 Å². The summed E-state index contributed by atoms with van der Waals surface area (Å²) in [4.78, 5) is 4.96. The van der Waals surface area contributed by atoms with Crippen LogP contribution in [0.5, 0.6) is 0 Å². The quantitative estimate of drug-likeness (QED) is 0.846. The molecule has 19 heavy (non-hydrogen) atoms. The van der Waals surface area contributed by atoms with Gasteiger partial charge in [-0.3, -0.25) is 0 Å². The van der Waals surface area contributed by atoms with Crippen LogP contribution in [-0.2, 0) is 11.0 Å². The van der Waals surface area contributed by atoms with Crippen molar-refractivity contribution >= 4 is 11.3 Å². The number of nitrogens with zero attached hydrogens (tertiary/aromatic N) is 1. The van der Waals surface area contributed by atoms with Gasteiger partial charge in [0.05, 0.1) is 11.2 Å².